The standard InChI is InChI=1S/C13H12ClNO2/c1-16-11-3-2-4-12(8-11)17-13-7-10(9-14)5-6-15-13/h2-8H,9H2,1H3. The third kappa shape index (κ3) is 3.11. The molecule has 0 aliphatic carbocycles. The molecule has 17 heavy (non-hydrogen) atoms. The van der Waals surface area contributed by atoms with Crippen LogP contribution in [-0.4, -0.2) is 12.1 Å². The molecule has 0 bridgehead atoms. The Morgan fingerprint density at radius 1 is 1.18 bits per heavy atom. The molecule has 0 N–H and O–H groups in total. The predicted molar refractivity (Wildman–Crippen MR) is 66.9 cm³/mol. The van der Waals surface area contributed by atoms with Crippen molar-refractivity contribution >= 4 is 11.6 Å². The molecule has 0 amide bonds. The second-order valence-electron chi connectivity index (χ2n) is 3.42. The van der Waals surface area contributed by atoms with Crippen molar-refractivity contribution in [1.82, 2.24) is 4.98 Å². The molecule has 88 valence electrons. The summed E-state index contributed by atoms with van der Waals surface area (Å²) in [4.78, 5) is 4.12. The van der Waals surface area contributed by atoms with E-state index in [4.69, 9.17) is 21.1 Å². The highest BCUT2D eigenvalue weighted by Crippen LogP contribution is 2.24. The molecule has 0 saturated carbocycles. The SMILES string of the molecule is COc1cccc(Oc2cc(CCl)ccn2)c1. The second kappa shape index (κ2) is 5.55. The molecule has 2 rings (SSSR count). The Kier molecular flexibility index (Phi) is 3.83. The molecule has 0 saturated heterocycles. The maximum Gasteiger partial charge on any atom is 0.219 e. The normalized spacial score (nSPS) is 10.0. The summed E-state index contributed by atoms with van der Waals surface area (Å²) >= 11 is 5.75. The molecule has 0 fully saturated rings. The number of benzene rings is 1. The Labute approximate surface area is 105 Å². The molecule has 0 spiro atoms. The molecule has 1 aromatic heterocycles. The Morgan fingerprint density at radius 2 is 2.00 bits per heavy atom. The number of hydrogen-bond acceptors (Lipinski definition) is 3. The van der Waals surface area contributed by atoms with E-state index in [1.165, 1.54) is 0 Å². The number of methoxy groups -OCH3 is 1. The van der Waals surface area contributed by atoms with E-state index in [0.717, 1.165) is 11.3 Å². The number of halogens is 1. The summed E-state index contributed by atoms with van der Waals surface area (Å²) < 4.78 is 10.7. The van der Waals surface area contributed by atoms with Gasteiger partial charge < -0.3 is 9.47 Å². The van der Waals surface area contributed by atoms with Crippen LogP contribution in [0.4, 0.5) is 0 Å². The highest BCUT2D eigenvalue weighted by atomic mass is 35.5. The molecule has 0 aliphatic heterocycles. The zero-order valence-electron chi connectivity index (χ0n) is 9.39. The van der Waals surface area contributed by atoms with Crippen LogP contribution in [0.2, 0.25) is 0 Å². The maximum atomic E-state index is 5.75. The van der Waals surface area contributed by atoms with Crippen molar-refractivity contribution in [3.05, 3.63) is 48.2 Å². The molecule has 0 unspecified atom stereocenters. The van der Waals surface area contributed by atoms with Crippen LogP contribution in [0.5, 0.6) is 17.4 Å². The Morgan fingerprint density at radius 3 is 2.76 bits per heavy atom. The van der Waals surface area contributed by atoms with Crippen LogP contribution in [0.25, 0.3) is 0 Å². The van der Waals surface area contributed by atoms with Crippen LogP contribution >= 0.6 is 11.6 Å². The van der Waals surface area contributed by atoms with Crippen molar-refractivity contribution in [3.63, 3.8) is 0 Å². The van der Waals surface area contributed by atoms with Gasteiger partial charge in [-0.15, -0.1) is 11.6 Å². The summed E-state index contributed by atoms with van der Waals surface area (Å²) in [5.41, 5.74) is 0.972. The zero-order valence-corrected chi connectivity index (χ0v) is 10.1. The molecule has 1 aromatic carbocycles. The molecule has 2 aromatic rings. The van der Waals surface area contributed by atoms with Gasteiger partial charge in [0.1, 0.15) is 11.5 Å². The number of hydrogen-bond donors (Lipinski definition) is 0. The van der Waals surface area contributed by atoms with Crippen molar-refractivity contribution in [1.29, 1.82) is 0 Å². The Balaban J connectivity index is 2.18. The fourth-order valence-corrected chi connectivity index (χ4v) is 1.54. The van der Waals surface area contributed by atoms with Crippen LogP contribution in [0.1, 0.15) is 5.56 Å². The number of aromatic nitrogens is 1. The van der Waals surface area contributed by atoms with E-state index in [-0.39, 0.29) is 0 Å². The topological polar surface area (TPSA) is 31.4 Å². The van der Waals surface area contributed by atoms with Crippen LogP contribution < -0.4 is 9.47 Å². The van der Waals surface area contributed by atoms with Crippen molar-refractivity contribution < 1.29 is 9.47 Å². The minimum atomic E-state index is 0.441. The van der Waals surface area contributed by atoms with Gasteiger partial charge in [0.2, 0.25) is 5.88 Å². The number of alkyl halides is 1. The fraction of sp³-hybridized carbons (Fsp3) is 0.154. The van der Waals surface area contributed by atoms with Gasteiger partial charge in [-0.2, -0.15) is 0 Å². The molecule has 3 nitrogen and oxygen atoms in total. The van der Waals surface area contributed by atoms with Crippen LogP contribution in [0.3, 0.4) is 0 Å². The fourth-order valence-electron chi connectivity index (χ4n) is 1.37. The number of ether oxygens (including phenoxy) is 2. The van der Waals surface area contributed by atoms with Crippen molar-refractivity contribution in [2.45, 2.75) is 5.88 Å². The third-order valence-electron chi connectivity index (χ3n) is 2.22. The molecule has 1 heterocycles. The first-order valence-electron chi connectivity index (χ1n) is 5.14. The highest BCUT2D eigenvalue weighted by Gasteiger charge is 2.01. The molecule has 0 atom stereocenters. The van der Waals surface area contributed by atoms with Gasteiger partial charge in [0.15, 0.2) is 0 Å². The van der Waals surface area contributed by atoms with Crippen LogP contribution in [-0.2, 0) is 5.88 Å². The number of nitrogens with zero attached hydrogens (tertiary/aromatic N) is 1. The first kappa shape index (κ1) is 11.7. The first-order valence-corrected chi connectivity index (χ1v) is 5.68. The monoisotopic (exact) mass is 249 g/mol. The average Bonchev–Trinajstić information content (AvgIpc) is 2.39. The van der Waals surface area contributed by atoms with Gasteiger partial charge in [0.25, 0.3) is 0 Å². The van der Waals surface area contributed by atoms with E-state index in [9.17, 15) is 0 Å². The minimum absolute atomic E-state index is 0.441. The van der Waals surface area contributed by atoms with Gasteiger partial charge in [-0.25, -0.2) is 4.98 Å². The Bertz CT molecular complexity index is 457. The van der Waals surface area contributed by atoms with E-state index < -0.39 is 0 Å². The lowest BCUT2D eigenvalue weighted by molar-refractivity contribution is 0.407. The smallest absolute Gasteiger partial charge is 0.219 e. The van der Waals surface area contributed by atoms with Gasteiger partial charge in [0.05, 0.1) is 7.11 Å². The predicted octanol–water partition coefficient (Wildman–Crippen LogP) is 3.62. The van der Waals surface area contributed by atoms with E-state index in [0.29, 0.717) is 17.5 Å². The van der Waals surface area contributed by atoms with Gasteiger partial charge in [-0.05, 0) is 23.8 Å². The zero-order chi connectivity index (χ0) is 12.1. The van der Waals surface area contributed by atoms with E-state index >= 15 is 0 Å². The van der Waals surface area contributed by atoms with Crippen molar-refractivity contribution in [3.8, 4) is 17.4 Å². The summed E-state index contributed by atoms with van der Waals surface area (Å²) in [6.45, 7) is 0. The maximum absolute atomic E-state index is 5.75. The summed E-state index contributed by atoms with van der Waals surface area (Å²) in [5.74, 6) is 2.40. The van der Waals surface area contributed by atoms with E-state index in [2.05, 4.69) is 4.98 Å². The van der Waals surface area contributed by atoms with Gasteiger partial charge in [0, 0.05) is 24.2 Å². The minimum Gasteiger partial charge on any atom is -0.497 e. The van der Waals surface area contributed by atoms with Crippen molar-refractivity contribution in [2.75, 3.05) is 7.11 Å². The molecular weight excluding hydrogens is 238 g/mol. The second-order valence-corrected chi connectivity index (χ2v) is 3.68. The molecule has 4 heteroatoms. The summed E-state index contributed by atoms with van der Waals surface area (Å²) in [6, 6.07) is 11.0. The molecular formula is C13H12ClNO2. The first-order chi connectivity index (χ1) is 8.31. The molecule has 0 aliphatic rings. The Hall–Kier alpha value is -1.74. The van der Waals surface area contributed by atoms with E-state index in [1.54, 1.807) is 19.4 Å². The number of rotatable bonds is 4. The summed E-state index contributed by atoms with van der Waals surface area (Å²) in [6.07, 6.45) is 1.67. The van der Waals surface area contributed by atoms with E-state index in [1.807, 2.05) is 30.3 Å². The highest BCUT2D eigenvalue weighted by molar-refractivity contribution is 6.17. The van der Waals surface area contributed by atoms with Crippen LogP contribution in [0, 0.1) is 0 Å². The lowest BCUT2D eigenvalue weighted by atomic mass is 10.3. The number of pyridine rings is 1. The lowest BCUT2D eigenvalue weighted by Gasteiger charge is -2.06. The quantitative estimate of drug-likeness (QED) is 0.776. The van der Waals surface area contributed by atoms with Gasteiger partial charge in [-0.1, -0.05) is 6.07 Å². The summed E-state index contributed by atoms with van der Waals surface area (Å²) in [7, 11) is 1.62. The largest absolute Gasteiger partial charge is 0.497 e. The third-order valence-corrected chi connectivity index (χ3v) is 2.53. The van der Waals surface area contributed by atoms with Gasteiger partial charge >= 0.3 is 0 Å². The lowest BCUT2D eigenvalue weighted by Crippen LogP contribution is -1.90. The summed E-state index contributed by atoms with van der Waals surface area (Å²) in [5, 5.41) is 0. The van der Waals surface area contributed by atoms with Gasteiger partial charge in [-0.3, -0.25) is 0 Å². The molecule has 0 radical (unpaired) electrons. The average molecular weight is 250 g/mol. The van der Waals surface area contributed by atoms with Crippen LogP contribution in [0.15, 0.2) is 42.6 Å². The van der Waals surface area contributed by atoms with Crippen molar-refractivity contribution in [2.24, 2.45) is 0 Å².